The van der Waals surface area contributed by atoms with Crippen LogP contribution in [0.1, 0.15) is 40.6 Å². The molecule has 0 saturated heterocycles. The molecule has 1 unspecified atom stereocenters. The fourth-order valence-corrected chi connectivity index (χ4v) is 3.17. The Kier molecular flexibility index (Phi) is 5.70. The van der Waals surface area contributed by atoms with Gasteiger partial charge in [-0.1, -0.05) is 35.5 Å². The minimum Gasteiger partial charge on any atom is -0.449 e. The second kappa shape index (κ2) is 8.46. The van der Waals surface area contributed by atoms with Gasteiger partial charge >= 0.3 is 12.1 Å². The minimum atomic E-state index is -4.50. The Morgan fingerprint density at radius 1 is 1.16 bits per heavy atom. The largest absolute Gasteiger partial charge is 0.449 e. The van der Waals surface area contributed by atoms with Crippen molar-refractivity contribution < 1.29 is 36.4 Å². The average Bonchev–Trinajstić information content (AvgIpc) is 3.39. The lowest BCUT2D eigenvalue weighted by Crippen LogP contribution is -2.11. The number of fused-ring (bicyclic) bond motifs is 1. The Hall–Kier alpha value is -3.66. The quantitative estimate of drug-likeness (QED) is 0.358. The number of benzene rings is 2. The molecular formula is C22H17F3N2O5. The van der Waals surface area contributed by atoms with E-state index in [-0.39, 0.29) is 29.6 Å². The first-order chi connectivity index (χ1) is 15.3. The van der Waals surface area contributed by atoms with Gasteiger partial charge in [0.05, 0.1) is 12.2 Å². The molecule has 0 aliphatic carbocycles. The summed E-state index contributed by atoms with van der Waals surface area (Å²) in [6, 6.07) is 11.6. The lowest BCUT2D eigenvalue weighted by Gasteiger charge is -2.08. The van der Waals surface area contributed by atoms with Crippen LogP contribution >= 0.6 is 0 Å². The number of esters is 1. The maximum atomic E-state index is 12.9. The number of carbonyl (C=O) groups is 1. The average molecular weight is 446 g/mol. The number of methoxy groups -OCH3 is 1. The number of hydrogen-bond donors (Lipinski definition) is 0. The van der Waals surface area contributed by atoms with Gasteiger partial charge in [0.15, 0.2) is 6.10 Å². The van der Waals surface area contributed by atoms with Gasteiger partial charge in [-0.15, -0.1) is 0 Å². The van der Waals surface area contributed by atoms with Crippen molar-refractivity contribution in [3.63, 3.8) is 0 Å². The molecular weight excluding hydrogens is 429 g/mol. The third-order valence-electron chi connectivity index (χ3n) is 4.69. The predicted octanol–water partition coefficient (Wildman–Crippen LogP) is 5.57. The second-order valence-corrected chi connectivity index (χ2v) is 6.92. The molecule has 2 aromatic carbocycles. The molecule has 0 spiro atoms. The van der Waals surface area contributed by atoms with E-state index in [1.54, 1.807) is 18.2 Å². The van der Waals surface area contributed by atoms with Crippen LogP contribution in [0.4, 0.5) is 13.2 Å². The Bertz CT molecular complexity index is 1260. The van der Waals surface area contributed by atoms with Crippen molar-refractivity contribution in [3.05, 3.63) is 71.3 Å². The first-order valence-corrected chi connectivity index (χ1v) is 9.49. The van der Waals surface area contributed by atoms with Gasteiger partial charge in [0.25, 0.3) is 5.89 Å². The SMILES string of the molecule is COCc1c(C(=O)OC(C)c2nc(-c3cccc(C(F)(F)F)c3)no2)oc2ccccc12. The van der Waals surface area contributed by atoms with E-state index in [9.17, 15) is 18.0 Å². The van der Waals surface area contributed by atoms with Gasteiger partial charge in [0.1, 0.15) is 5.58 Å². The van der Waals surface area contributed by atoms with Gasteiger partial charge in [0.2, 0.25) is 11.6 Å². The van der Waals surface area contributed by atoms with Gasteiger partial charge in [-0.25, -0.2) is 4.79 Å². The number of halogens is 3. The summed E-state index contributed by atoms with van der Waals surface area (Å²) in [5.74, 6) is -0.912. The van der Waals surface area contributed by atoms with E-state index in [1.165, 1.54) is 26.2 Å². The van der Waals surface area contributed by atoms with E-state index in [2.05, 4.69) is 10.1 Å². The van der Waals surface area contributed by atoms with Crippen LogP contribution in [0, 0.1) is 0 Å². The molecule has 1 atom stereocenters. The number of aromatic nitrogens is 2. The zero-order valence-electron chi connectivity index (χ0n) is 17.0. The Balaban J connectivity index is 1.55. The van der Waals surface area contributed by atoms with E-state index in [0.717, 1.165) is 17.5 Å². The number of alkyl halides is 3. The third-order valence-corrected chi connectivity index (χ3v) is 4.69. The van der Waals surface area contributed by atoms with Crippen LogP contribution in [0.3, 0.4) is 0 Å². The number of ether oxygens (including phenoxy) is 2. The Morgan fingerprint density at radius 3 is 2.69 bits per heavy atom. The lowest BCUT2D eigenvalue weighted by atomic mass is 10.1. The van der Waals surface area contributed by atoms with Crippen LogP contribution in [-0.4, -0.2) is 23.2 Å². The van der Waals surface area contributed by atoms with Gasteiger partial charge in [-0.2, -0.15) is 18.2 Å². The molecule has 166 valence electrons. The fourth-order valence-electron chi connectivity index (χ4n) is 3.17. The molecule has 2 heterocycles. The highest BCUT2D eigenvalue weighted by Crippen LogP contribution is 2.32. The molecule has 32 heavy (non-hydrogen) atoms. The molecule has 4 rings (SSSR count). The summed E-state index contributed by atoms with van der Waals surface area (Å²) in [6.45, 7) is 1.63. The molecule has 0 radical (unpaired) electrons. The van der Waals surface area contributed by atoms with Crippen LogP contribution in [-0.2, 0) is 22.3 Å². The molecule has 0 aliphatic heterocycles. The lowest BCUT2D eigenvalue weighted by molar-refractivity contribution is -0.137. The van der Waals surface area contributed by atoms with Crippen LogP contribution in [0.25, 0.3) is 22.4 Å². The molecule has 0 aliphatic rings. The standard InChI is InChI=1S/C22H17F3N2O5/c1-12(20-26-19(27-32-20)13-6-5-7-14(10-13)22(23,24)25)30-21(28)18-16(11-29-2)15-8-3-4-9-17(15)31-18/h3-10,12H,11H2,1-2H3. The van der Waals surface area contributed by atoms with E-state index >= 15 is 0 Å². The number of nitrogens with zero attached hydrogens (tertiary/aromatic N) is 2. The topological polar surface area (TPSA) is 87.6 Å². The summed E-state index contributed by atoms with van der Waals surface area (Å²) in [5, 5.41) is 4.43. The number of carbonyl (C=O) groups excluding carboxylic acids is 1. The zero-order valence-corrected chi connectivity index (χ0v) is 17.0. The first kappa shape index (κ1) is 21.6. The number of furan rings is 1. The Morgan fingerprint density at radius 2 is 1.94 bits per heavy atom. The number of para-hydroxylation sites is 1. The maximum Gasteiger partial charge on any atom is 0.416 e. The molecule has 2 aromatic heterocycles. The van der Waals surface area contributed by atoms with Crippen molar-refractivity contribution in [1.29, 1.82) is 0 Å². The number of rotatable bonds is 6. The predicted molar refractivity (Wildman–Crippen MR) is 105 cm³/mol. The summed E-state index contributed by atoms with van der Waals surface area (Å²) >= 11 is 0. The van der Waals surface area contributed by atoms with Crippen LogP contribution in [0.15, 0.2) is 57.5 Å². The van der Waals surface area contributed by atoms with Crippen LogP contribution in [0.2, 0.25) is 0 Å². The first-order valence-electron chi connectivity index (χ1n) is 9.49. The molecule has 0 amide bonds. The van der Waals surface area contributed by atoms with Crippen LogP contribution < -0.4 is 0 Å². The van der Waals surface area contributed by atoms with E-state index in [0.29, 0.717) is 11.1 Å². The van der Waals surface area contributed by atoms with E-state index in [4.69, 9.17) is 18.4 Å². The second-order valence-electron chi connectivity index (χ2n) is 6.92. The minimum absolute atomic E-state index is 0.0162. The van der Waals surface area contributed by atoms with Gasteiger partial charge in [0, 0.05) is 23.6 Å². The van der Waals surface area contributed by atoms with Crippen molar-refractivity contribution >= 4 is 16.9 Å². The van der Waals surface area contributed by atoms with E-state index < -0.39 is 23.8 Å². The zero-order chi connectivity index (χ0) is 22.9. The highest BCUT2D eigenvalue weighted by molar-refractivity contribution is 5.96. The van der Waals surface area contributed by atoms with Gasteiger partial charge in [-0.05, 0) is 25.1 Å². The summed E-state index contributed by atoms with van der Waals surface area (Å²) in [4.78, 5) is 16.8. The fraction of sp³-hybridized carbons (Fsp3) is 0.227. The molecule has 0 bridgehead atoms. The molecule has 0 fully saturated rings. The van der Waals surface area contributed by atoms with Crippen molar-refractivity contribution in [3.8, 4) is 11.4 Å². The molecule has 0 saturated carbocycles. The number of hydrogen-bond acceptors (Lipinski definition) is 7. The highest BCUT2D eigenvalue weighted by Gasteiger charge is 2.31. The van der Waals surface area contributed by atoms with E-state index in [1.807, 2.05) is 6.07 Å². The van der Waals surface area contributed by atoms with Crippen molar-refractivity contribution in [2.45, 2.75) is 25.8 Å². The summed E-state index contributed by atoms with van der Waals surface area (Å²) in [7, 11) is 1.49. The summed E-state index contributed by atoms with van der Waals surface area (Å²) in [6.07, 6.45) is -5.48. The molecule has 0 N–H and O–H groups in total. The van der Waals surface area contributed by atoms with Crippen LogP contribution in [0.5, 0.6) is 0 Å². The molecule has 7 nitrogen and oxygen atoms in total. The highest BCUT2D eigenvalue weighted by atomic mass is 19.4. The summed E-state index contributed by atoms with van der Waals surface area (Å²) < 4.78 is 60.2. The smallest absolute Gasteiger partial charge is 0.416 e. The van der Waals surface area contributed by atoms with Gasteiger partial charge < -0.3 is 18.4 Å². The van der Waals surface area contributed by atoms with Crippen molar-refractivity contribution in [1.82, 2.24) is 10.1 Å². The Labute approximate surface area is 179 Å². The molecule has 10 heteroatoms. The normalized spacial score (nSPS) is 12.8. The third kappa shape index (κ3) is 4.22. The van der Waals surface area contributed by atoms with Gasteiger partial charge in [-0.3, -0.25) is 0 Å². The van der Waals surface area contributed by atoms with Crippen molar-refractivity contribution in [2.24, 2.45) is 0 Å². The monoisotopic (exact) mass is 446 g/mol. The molecule has 4 aromatic rings. The van der Waals surface area contributed by atoms with Crippen molar-refractivity contribution in [2.75, 3.05) is 7.11 Å². The summed E-state index contributed by atoms with van der Waals surface area (Å²) in [5.41, 5.74) is 0.323. The maximum absolute atomic E-state index is 12.9.